The number of nitriles is 2. The van der Waals surface area contributed by atoms with Crippen LogP contribution in [0.25, 0.3) is 12.2 Å². The minimum absolute atomic E-state index is 0.0922. The van der Waals surface area contributed by atoms with Gasteiger partial charge in [0.15, 0.2) is 23.0 Å². The van der Waals surface area contributed by atoms with Crippen molar-refractivity contribution >= 4 is 24.1 Å². The van der Waals surface area contributed by atoms with Crippen LogP contribution >= 0.6 is 0 Å². The average Bonchev–Trinajstić information content (AvgIpc) is 2.79. The average molecular weight is 450 g/mol. The van der Waals surface area contributed by atoms with Gasteiger partial charge in [0.1, 0.15) is 23.3 Å². The summed E-state index contributed by atoms with van der Waals surface area (Å²) >= 11 is 0. The van der Waals surface area contributed by atoms with Gasteiger partial charge in [0.25, 0.3) is 0 Å². The molecule has 0 bridgehead atoms. The van der Waals surface area contributed by atoms with Crippen LogP contribution in [-0.4, -0.2) is 45.6 Å². The second-order valence-corrected chi connectivity index (χ2v) is 6.46. The molecule has 10 heteroatoms. The van der Waals surface area contributed by atoms with E-state index in [0.29, 0.717) is 11.1 Å². The number of ether oxygens (including phenoxy) is 2. The van der Waals surface area contributed by atoms with Gasteiger partial charge < -0.3 is 29.9 Å². The summed E-state index contributed by atoms with van der Waals surface area (Å²) in [6.07, 6.45) is 2.44. The topological polar surface area (TPSA) is 181 Å². The Morgan fingerprint density at radius 3 is 1.45 bits per heavy atom. The van der Waals surface area contributed by atoms with Crippen LogP contribution in [0.1, 0.15) is 17.5 Å². The zero-order chi connectivity index (χ0) is 24.4. The van der Waals surface area contributed by atoms with Crippen LogP contribution in [0.4, 0.5) is 0 Å². The zero-order valence-corrected chi connectivity index (χ0v) is 17.1. The monoisotopic (exact) mass is 450 g/mol. The molecule has 0 fully saturated rings. The highest BCUT2D eigenvalue weighted by molar-refractivity contribution is 5.98. The molecule has 2 aromatic rings. The third-order valence-corrected chi connectivity index (χ3v) is 4.06. The molecular formula is C23H18N2O8. The van der Waals surface area contributed by atoms with E-state index in [-0.39, 0.29) is 42.3 Å². The fourth-order valence-corrected chi connectivity index (χ4v) is 2.41. The Hall–Kier alpha value is -4.96. The molecule has 33 heavy (non-hydrogen) atoms. The zero-order valence-electron chi connectivity index (χ0n) is 17.1. The molecule has 0 radical (unpaired) electrons. The van der Waals surface area contributed by atoms with Crippen molar-refractivity contribution in [2.24, 2.45) is 0 Å². The summed E-state index contributed by atoms with van der Waals surface area (Å²) in [4.78, 5) is 24.0. The molecule has 0 saturated carbocycles. The molecule has 0 aromatic heterocycles. The number of carbonyl (C=O) groups is 2. The number of rotatable bonds is 8. The van der Waals surface area contributed by atoms with Gasteiger partial charge in [0, 0.05) is 6.42 Å². The van der Waals surface area contributed by atoms with E-state index >= 15 is 0 Å². The van der Waals surface area contributed by atoms with Gasteiger partial charge in [0.2, 0.25) is 0 Å². The molecule has 2 rings (SSSR count). The maximum absolute atomic E-state index is 12.0. The lowest BCUT2D eigenvalue weighted by molar-refractivity contribution is -0.140. The number of aromatic hydroxyl groups is 4. The standard InChI is InChI=1S/C23H18N2O8/c24-12-16(8-14-2-4-18(26)20(28)10-14)22(30)32-6-1-7-33-23(31)17(13-25)9-15-3-5-19(27)21(29)11-15/h2-5,8-11,26-29H,1,6-7H2/b16-8+,17-9+. The summed E-state index contributed by atoms with van der Waals surface area (Å²) in [5, 5.41) is 55.8. The first-order chi connectivity index (χ1) is 15.7. The summed E-state index contributed by atoms with van der Waals surface area (Å²) in [5.41, 5.74) is -0.0936. The summed E-state index contributed by atoms with van der Waals surface area (Å²) in [7, 11) is 0. The Labute approximate surface area is 188 Å². The lowest BCUT2D eigenvalue weighted by atomic mass is 10.1. The molecule has 0 spiro atoms. The highest BCUT2D eigenvalue weighted by Gasteiger charge is 2.13. The maximum Gasteiger partial charge on any atom is 0.348 e. The fraction of sp³-hybridized carbons (Fsp3) is 0.130. The highest BCUT2D eigenvalue weighted by atomic mass is 16.5. The summed E-state index contributed by atoms with van der Waals surface area (Å²) in [6, 6.07) is 10.9. The van der Waals surface area contributed by atoms with Gasteiger partial charge in [-0.1, -0.05) is 12.1 Å². The maximum atomic E-state index is 12.0. The lowest BCUT2D eigenvalue weighted by Crippen LogP contribution is -2.12. The van der Waals surface area contributed by atoms with Crippen molar-refractivity contribution in [3.8, 4) is 35.1 Å². The minimum atomic E-state index is -0.930. The predicted octanol–water partition coefficient (Wildman–Crippen LogP) is 2.50. The summed E-state index contributed by atoms with van der Waals surface area (Å²) < 4.78 is 9.89. The van der Waals surface area contributed by atoms with E-state index in [4.69, 9.17) is 20.0 Å². The number of phenols is 4. The molecule has 0 aliphatic heterocycles. The van der Waals surface area contributed by atoms with Crippen LogP contribution < -0.4 is 0 Å². The van der Waals surface area contributed by atoms with Crippen LogP contribution in [0.2, 0.25) is 0 Å². The molecule has 0 saturated heterocycles. The van der Waals surface area contributed by atoms with Crippen LogP contribution in [-0.2, 0) is 19.1 Å². The highest BCUT2D eigenvalue weighted by Crippen LogP contribution is 2.27. The summed E-state index contributed by atoms with van der Waals surface area (Å²) in [6.45, 7) is -0.354. The Balaban J connectivity index is 1.85. The molecule has 0 aliphatic carbocycles. The molecule has 0 heterocycles. The molecule has 2 aromatic carbocycles. The van der Waals surface area contributed by atoms with E-state index in [1.54, 1.807) is 12.1 Å². The molecule has 4 N–H and O–H groups in total. The first-order valence-electron chi connectivity index (χ1n) is 9.37. The van der Waals surface area contributed by atoms with E-state index in [1.807, 2.05) is 0 Å². The first kappa shape index (κ1) is 24.3. The number of hydrogen-bond donors (Lipinski definition) is 4. The summed E-state index contributed by atoms with van der Waals surface area (Å²) in [5.74, 6) is -3.38. The number of esters is 2. The number of nitrogens with zero attached hydrogens (tertiary/aromatic N) is 2. The third-order valence-electron chi connectivity index (χ3n) is 4.06. The Bertz CT molecular complexity index is 1110. The second-order valence-electron chi connectivity index (χ2n) is 6.46. The van der Waals surface area contributed by atoms with Crippen molar-refractivity contribution in [3.63, 3.8) is 0 Å². The van der Waals surface area contributed by atoms with Crippen LogP contribution in [0.15, 0.2) is 47.5 Å². The van der Waals surface area contributed by atoms with Crippen LogP contribution in [0, 0.1) is 22.7 Å². The van der Waals surface area contributed by atoms with Crippen molar-refractivity contribution in [1.82, 2.24) is 0 Å². The molecule has 0 unspecified atom stereocenters. The van der Waals surface area contributed by atoms with Gasteiger partial charge in [-0.05, 0) is 47.5 Å². The van der Waals surface area contributed by atoms with E-state index < -0.39 is 23.4 Å². The van der Waals surface area contributed by atoms with E-state index in [2.05, 4.69) is 0 Å². The number of hydrogen-bond acceptors (Lipinski definition) is 10. The van der Waals surface area contributed by atoms with Crippen molar-refractivity contribution in [1.29, 1.82) is 10.5 Å². The lowest BCUT2D eigenvalue weighted by Gasteiger charge is -2.06. The predicted molar refractivity (Wildman–Crippen MR) is 113 cm³/mol. The molecule has 0 amide bonds. The largest absolute Gasteiger partial charge is 0.504 e. The SMILES string of the molecule is N#C/C(=C\c1ccc(O)c(O)c1)C(=O)OCCCOC(=O)/C(C#N)=C/c1ccc(O)c(O)c1. The number of benzene rings is 2. The van der Waals surface area contributed by atoms with E-state index in [9.17, 15) is 30.0 Å². The van der Waals surface area contributed by atoms with Gasteiger partial charge in [-0.25, -0.2) is 9.59 Å². The van der Waals surface area contributed by atoms with Crippen molar-refractivity contribution in [2.75, 3.05) is 13.2 Å². The quantitative estimate of drug-likeness (QED) is 0.153. The second kappa shape index (κ2) is 11.4. The smallest absolute Gasteiger partial charge is 0.348 e. The molecule has 0 aliphatic rings. The van der Waals surface area contributed by atoms with Gasteiger partial charge in [-0.15, -0.1) is 0 Å². The van der Waals surface area contributed by atoms with Gasteiger partial charge in [0.05, 0.1) is 13.2 Å². The van der Waals surface area contributed by atoms with Crippen LogP contribution in [0.3, 0.4) is 0 Å². The van der Waals surface area contributed by atoms with Gasteiger partial charge >= 0.3 is 11.9 Å². The Morgan fingerprint density at radius 1 is 0.727 bits per heavy atom. The Morgan fingerprint density at radius 2 is 1.12 bits per heavy atom. The van der Waals surface area contributed by atoms with E-state index in [1.165, 1.54) is 48.6 Å². The third kappa shape index (κ3) is 7.05. The van der Waals surface area contributed by atoms with Gasteiger partial charge in [-0.3, -0.25) is 0 Å². The normalized spacial score (nSPS) is 11.2. The first-order valence-corrected chi connectivity index (χ1v) is 9.37. The number of phenolic OH excluding ortho intramolecular Hbond substituents is 4. The fourth-order valence-electron chi connectivity index (χ4n) is 2.41. The molecule has 168 valence electrons. The van der Waals surface area contributed by atoms with E-state index in [0.717, 1.165) is 0 Å². The minimum Gasteiger partial charge on any atom is -0.504 e. The van der Waals surface area contributed by atoms with Crippen LogP contribution in [0.5, 0.6) is 23.0 Å². The van der Waals surface area contributed by atoms with Crippen molar-refractivity contribution < 1.29 is 39.5 Å². The van der Waals surface area contributed by atoms with Crippen molar-refractivity contribution in [3.05, 3.63) is 58.7 Å². The number of carbonyl (C=O) groups excluding carboxylic acids is 2. The van der Waals surface area contributed by atoms with Gasteiger partial charge in [-0.2, -0.15) is 10.5 Å². The molecular weight excluding hydrogens is 432 g/mol. The van der Waals surface area contributed by atoms with Crippen molar-refractivity contribution in [2.45, 2.75) is 6.42 Å². The molecule has 10 nitrogen and oxygen atoms in total. The molecule has 0 atom stereocenters. The Kier molecular flexibility index (Phi) is 8.43.